The summed E-state index contributed by atoms with van der Waals surface area (Å²) in [5.41, 5.74) is 0.446. The van der Waals surface area contributed by atoms with Gasteiger partial charge in [0.2, 0.25) is 0 Å². The van der Waals surface area contributed by atoms with Gasteiger partial charge in [-0.05, 0) is 30.5 Å². The normalized spacial score (nSPS) is 19.5. The fraction of sp³-hybridized carbons (Fsp3) is 0.429. The lowest BCUT2D eigenvalue weighted by Crippen LogP contribution is -2.57. The van der Waals surface area contributed by atoms with Crippen LogP contribution >= 0.6 is 0 Å². The van der Waals surface area contributed by atoms with Gasteiger partial charge in [-0.2, -0.15) is 0 Å². The zero-order valence-corrected chi connectivity index (χ0v) is 16.4. The Morgan fingerprint density at radius 1 is 1.25 bits per heavy atom. The molecule has 150 valence electrons. The topological polar surface area (TPSA) is 83.9 Å². The van der Waals surface area contributed by atoms with Gasteiger partial charge < -0.3 is 24.8 Å². The predicted molar refractivity (Wildman–Crippen MR) is 105 cm³/mol. The summed E-state index contributed by atoms with van der Waals surface area (Å²) in [7, 11) is 3.17. The molecule has 1 fully saturated rings. The van der Waals surface area contributed by atoms with Gasteiger partial charge >= 0.3 is 0 Å². The lowest BCUT2D eigenvalue weighted by molar-refractivity contribution is -0.157. The van der Waals surface area contributed by atoms with Gasteiger partial charge in [0, 0.05) is 44.1 Å². The Bertz CT molecular complexity index is 799. The second-order valence-corrected chi connectivity index (χ2v) is 6.98. The molecule has 1 atom stereocenters. The predicted octanol–water partition coefficient (Wildman–Crippen LogP) is 1.74. The van der Waals surface area contributed by atoms with Crippen molar-refractivity contribution in [3.8, 4) is 11.5 Å². The molecule has 7 nitrogen and oxygen atoms in total. The zero-order chi connectivity index (χ0) is 20.0. The van der Waals surface area contributed by atoms with Crippen LogP contribution in [0.2, 0.25) is 0 Å². The Morgan fingerprint density at radius 3 is 2.82 bits per heavy atom. The first kappa shape index (κ1) is 20.1. The first-order valence-electron chi connectivity index (χ1n) is 9.38. The first-order chi connectivity index (χ1) is 13.6. The van der Waals surface area contributed by atoms with Gasteiger partial charge in [0.15, 0.2) is 17.1 Å². The van der Waals surface area contributed by atoms with Crippen LogP contribution in [0.4, 0.5) is 0 Å². The van der Waals surface area contributed by atoms with Crippen molar-refractivity contribution >= 4 is 5.91 Å². The maximum absolute atomic E-state index is 13.0. The van der Waals surface area contributed by atoms with Gasteiger partial charge in [-0.3, -0.25) is 9.78 Å². The summed E-state index contributed by atoms with van der Waals surface area (Å²) in [6.07, 6.45) is 4.66. The minimum Gasteiger partial charge on any atom is -0.493 e. The SMILES string of the molecule is COc1cccc(CN2CCCC(O)(CNCc3cccnc3)C2=O)c1OC. The number of ether oxygens (including phenoxy) is 2. The monoisotopic (exact) mass is 385 g/mol. The number of hydrogen-bond acceptors (Lipinski definition) is 6. The summed E-state index contributed by atoms with van der Waals surface area (Å²) in [5.74, 6) is 0.974. The number of nitrogens with one attached hydrogen (secondary N) is 1. The number of aliphatic hydroxyl groups is 1. The molecular formula is C21H27N3O4. The van der Waals surface area contributed by atoms with E-state index in [-0.39, 0.29) is 12.5 Å². The van der Waals surface area contributed by atoms with E-state index in [0.717, 1.165) is 17.5 Å². The van der Waals surface area contributed by atoms with Crippen LogP contribution in [0.1, 0.15) is 24.0 Å². The summed E-state index contributed by atoms with van der Waals surface area (Å²) in [6, 6.07) is 9.41. The second-order valence-electron chi connectivity index (χ2n) is 6.98. The lowest BCUT2D eigenvalue weighted by atomic mass is 9.91. The largest absolute Gasteiger partial charge is 0.493 e. The number of nitrogens with zero attached hydrogens (tertiary/aromatic N) is 2. The van der Waals surface area contributed by atoms with Crippen molar-refractivity contribution < 1.29 is 19.4 Å². The number of hydrogen-bond donors (Lipinski definition) is 2. The molecule has 0 radical (unpaired) electrons. The molecule has 1 unspecified atom stereocenters. The molecule has 0 bridgehead atoms. The summed E-state index contributed by atoms with van der Waals surface area (Å²) >= 11 is 0. The van der Waals surface area contributed by atoms with Crippen LogP contribution < -0.4 is 14.8 Å². The number of methoxy groups -OCH3 is 2. The molecular weight excluding hydrogens is 358 g/mol. The zero-order valence-electron chi connectivity index (χ0n) is 16.4. The van der Waals surface area contributed by atoms with Crippen molar-refractivity contribution in [1.29, 1.82) is 0 Å². The highest BCUT2D eigenvalue weighted by atomic mass is 16.5. The van der Waals surface area contributed by atoms with Crippen molar-refractivity contribution in [2.24, 2.45) is 0 Å². The number of pyridine rings is 1. The highest BCUT2D eigenvalue weighted by Crippen LogP contribution is 2.33. The number of aromatic nitrogens is 1. The third-order valence-corrected chi connectivity index (χ3v) is 5.02. The van der Waals surface area contributed by atoms with Crippen LogP contribution in [-0.2, 0) is 17.9 Å². The van der Waals surface area contributed by atoms with E-state index < -0.39 is 5.60 Å². The van der Waals surface area contributed by atoms with E-state index in [2.05, 4.69) is 10.3 Å². The molecule has 2 heterocycles. The minimum atomic E-state index is -1.41. The number of rotatable bonds is 8. The van der Waals surface area contributed by atoms with Gasteiger partial charge in [0.05, 0.1) is 14.2 Å². The molecule has 1 aliphatic rings. The molecule has 28 heavy (non-hydrogen) atoms. The molecule has 1 aromatic carbocycles. The number of likely N-dealkylation sites (tertiary alicyclic amines) is 1. The first-order valence-corrected chi connectivity index (χ1v) is 9.38. The summed E-state index contributed by atoms with van der Waals surface area (Å²) in [5, 5.41) is 14.2. The molecule has 0 saturated carbocycles. The van der Waals surface area contributed by atoms with Crippen molar-refractivity contribution in [3.05, 3.63) is 53.9 Å². The van der Waals surface area contributed by atoms with Gasteiger partial charge in [-0.15, -0.1) is 0 Å². The van der Waals surface area contributed by atoms with Gasteiger partial charge in [-0.25, -0.2) is 0 Å². The number of amides is 1. The highest BCUT2D eigenvalue weighted by Gasteiger charge is 2.42. The second kappa shape index (κ2) is 9.03. The van der Waals surface area contributed by atoms with Crippen LogP contribution in [0.3, 0.4) is 0 Å². The van der Waals surface area contributed by atoms with Crippen LogP contribution in [0.5, 0.6) is 11.5 Å². The van der Waals surface area contributed by atoms with Crippen LogP contribution in [-0.4, -0.2) is 53.8 Å². The Balaban J connectivity index is 1.66. The molecule has 0 spiro atoms. The number of benzene rings is 1. The summed E-state index contributed by atoms with van der Waals surface area (Å²) in [6.45, 7) is 1.72. The van der Waals surface area contributed by atoms with Gasteiger partial charge in [0.1, 0.15) is 0 Å². The van der Waals surface area contributed by atoms with Crippen molar-refractivity contribution in [1.82, 2.24) is 15.2 Å². The Kier molecular flexibility index (Phi) is 6.49. The van der Waals surface area contributed by atoms with E-state index in [1.54, 1.807) is 31.5 Å². The summed E-state index contributed by atoms with van der Waals surface area (Å²) < 4.78 is 10.8. The van der Waals surface area contributed by atoms with E-state index >= 15 is 0 Å². The fourth-order valence-corrected chi connectivity index (χ4v) is 3.58. The number of para-hydroxylation sites is 1. The number of carbonyl (C=O) groups excluding carboxylic acids is 1. The third-order valence-electron chi connectivity index (χ3n) is 5.02. The Labute approximate surface area is 165 Å². The van der Waals surface area contributed by atoms with E-state index in [0.29, 0.717) is 37.6 Å². The van der Waals surface area contributed by atoms with E-state index in [1.807, 2.05) is 30.3 Å². The molecule has 2 aromatic rings. The standard InChI is InChI=1S/C21H27N3O4/c1-27-18-8-3-7-17(19(18)28-2)14-24-11-5-9-21(26,20(24)25)15-23-13-16-6-4-10-22-12-16/h3-4,6-8,10,12,23,26H,5,9,11,13-15H2,1-2H3. The summed E-state index contributed by atoms with van der Waals surface area (Å²) in [4.78, 5) is 18.8. The number of carbonyl (C=O) groups is 1. The highest BCUT2D eigenvalue weighted by molar-refractivity contribution is 5.86. The van der Waals surface area contributed by atoms with Gasteiger partial charge in [-0.1, -0.05) is 18.2 Å². The lowest BCUT2D eigenvalue weighted by Gasteiger charge is -2.38. The number of piperidine rings is 1. The van der Waals surface area contributed by atoms with Crippen LogP contribution in [0.25, 0.3) is 0 Å². The quantitative estimate of drug-likeness (QED) is 0.720. The Hall–Kier alpha value is -2.64. The maximum Gasteiger partial charge on any atom is 0.256 e. The van der Waals surface area contributed by atoms with E-state index in [9.17, 15) is 9.90 Å². The Morgan fingerprint density at radius 2 is 2.11 bits per heavy atom. The smallest absolute Gasteiger partial charge is 0.256 e. The van der Waals surface area contributed by atoms with Crippen LogP contribution in [0, 0.1) is 0 Å². The molecule has 1 amide bonds. The van der Waals surface area contributed by atoms with Gasteiger partial charge in [0.25, 0.3) is 5.91 Å². The van der Waals surface area contributed by atoms with Crippen molar-refractivity contribution in [3.63, 3.8) is 0 Å². The minimum absolute atomic E-state index is 0.201. The fourth-order valence-electron chi connectivity index (χ4n) is 3.58. The molecule has 1 saturated heterocycles. The molecule has 0 aliphatic carbocycles. The van der Waals surface area contributed by atoms with E-state index in [4.69, 9.17) is 9.47 Å². The average Bonchev–Trinajstić information content (AvgIpc) is 2.72. The van der Waals surface area contributed by atoms with Crippen molar-refractivity contribution in [2.45, 2.75) is 31.5 Å². The maximum atomic E-state index is 13.0. The molecule has 7 heteroatoms. The average molecular weight is 385 g/mol. The molecule has 1 aliphatic heterocycles. The van der Waals surface area contributed by atoms with Crippen LogP contribution in [0.15, 0.2) is 42.7 Å². The third kappa shape index (κ3) is 4.43. The molecule has 3 rings (SSSR count). The molecule has 2 N–H and O–H groups in total. The van der Waals surface area contributed by atoms with E-state index in [1.165, 1.54) is 0 Å². The van der Waals surface area contributed by atoms with Crippen molar-refractivity contribution in [2.75, 3.05) is 27.3 Å². The molecule has 1 aromatic heterocycles.